The Morgan fingerprint density at radius 3 is 2.15 bits per heavy atom. The molecule has 0 atom stereocenters. The molecule has 0 saturated carbocycles. The fourth-order valence-electron chi connectivity index (χ4n) is 2.94. The van der Waals surface area contributed by atoms with Crippen LogP contribution >= 0.6 is 0 Å². The molecule has 33 heavy (non-hydrogen) atoms. The molecule has 0 spiro atoms. The van der Waals surface area contributed by atoms with Gasteiger partial charge in [0.25, 0.3) is 17.7 Å². The lowest BCUT2D eigenvalue weighted by Gasteiger charge is -2.12. The second-order valence-corrected chi connectivity index (χ2v) is 6.89. The predicted molar refractivity (Wildman–Crippen MR) is 124 cm³/mol. The maximum atomic E-state index is 12.1. The van der Waals surface area contributed by atoms with Gasteiger partial charge in [0.15, 0.2) is 6.61 Å². The van der Waals surface area contributed by atoms with Crippen molar-refractivity contribution in [2.24, 2.45) is 0 Å². The van der Waals surface area contributed by atoms with Crippen molar-refractivity contribution in [1.82, 2.24) is 16.2 Å². The van der Waals surface area contributed by atoms with Gasteiger partial charge >= 0.3 is 0 Å². The second kappa shape index (κ2) is 11.9. The Morgan fingerprint density at radius 2 is 1.42 bits per heavy atom. The molecular formula is C25H25N3O5. The first-order chi connectivity index (χ1) is 16.1. The first-order valence-electron chi connectivity index (χ1n) is 10.4. The summed E-state index contributed by atoms with van der Waals surface area (Å²) in [7, 11) is 0. The summed E-state index contributed by atoms with van der Waals surface area (Å²) in [5, 5.41) is 2.48. The van der Waals surface area contributed by atoms with Crippen LogP contribution in [0.2, 0.25) is 0 Å². The number of amides is 3. The summed E-state index contributed by atoms with van der Waals surface area (Å²) in [5.41, 5.74) is 6.72. The lowest BCUT2D eigenvalue weighted by molar-refractivity contribution is -0.129. The molecule has 0 radical (unpaired) electrons. The van der Waals surface area contributed by atoms with Gasteiger partial charge in [-0.15, -0.1) is 0 Å². The second-order valence-electron chi connectivity index (χ2n) is 6.89. The average Bonchev–Trinajstić information content (AvgIpc) is 2.86. The Kier molecular flexibility index (Phi) is 8.41. The number of nitrogens with one attached hydrogen (secondary N) is 3. The molecule has 3 amide bonds. The summed E-state index contributed by atoms with van der Waals surface area (Å²) in [4.78, 5) is 36.1. The van der Waals surface area contributed by atoms with Crippen LogP contribution < -0.4 is 25.6 Å². The minimum Gasteiger partial charge on any atom is -0.494 e. The highest BCUT2D eigenvalue weighted by atomic mass is 16.5. The largest absolute Gasteiger partial charge is 0.494 e. The Balaban J connectivity index is 1.41. The van der Waals surface area contributed by atoms with E-state index >= 15 is 0 Å². The van der Waals surface area contributed by atoms with Crippen molar-refractivity contribution in [2.75, 3.05) is 19.8 Å². The van der Waals surface area contributed by atoms with E-state index in [1.54, 1.807) is 30.3 Å². The van der Waals surface area contributed by atoms with Gasteiger partial charge in [0, 0.05) is 11.1 Å². The Bertz CT molecular complexity index is 1080. The molecule has 3 rings (SSSR count). The highest BCUT2D eigenvalue weighted by Gasteiger charge is 2.11. The van der Waals surface area contributed by atoms with Crippen LogP contribution in [0.3, 0.4) is 0 Å². The fourth-order valence-corrected chi connectivity index (χ4v) is 2.94. The van der Waals surface area contributed by atoms with Gasteiger partial charge in [0.05, 0.1) is 13.2 Å². The number of ether oxygens (including phenoxy) is 2. The molecule has 0 fully saturated rings. The summed E-state index contributed by atoms with van der Waals surface area (Å²) in [6, 6.07) is 23.6. The normalized spacial score (nSPS) is 10.1. The predicted octanol–water partition coefficient (Wildman–Crippen LogP) is 2.71. The maximum Gasteiger partial charge on any atom is 0.276 e. The van der Waals surface area contributed by atoms with E-state index in [0.29, 0.717) is 23.7 Å². The minimum atomic E-state index is -0.577. The molecular weight excluding hydrogens is 422 g/mol. The van der Waals surface area contributed by atoms with Gasteiger partial charge in [-0.2, -0.15) is 0 Å². The van der Waals surface area contributed by atoms with Crippen LogP contribution in [0.5, 0.6) is 11.5 Å². The van der Waals surface area contributed by atoms with Crippen molar-refractivity contribution >= 4 is 17.7 Å². The summed E-state index contributed by atoms with van der Waals surface area (Å²) >= 11 is 0. The van der Waals surface area contributed by atoms with Crippen LogP contribution in [0.4, 0.5) is 0 Å². The number of hydrogen-bond acceptors (Lipinski definition) is 5. The Hall–Kier alpha value is -4.33. The lowest BCUT2D eigenvalue weighted by Crippen LogP contribution is -2.47. The SMILES string of the molecule is CCOc1ccc(C(=O)NCC(=O)NNC(=O)COc2ccccc2-c2ccccc2)cc1. The number of carbonyl (C=O) groups is 3. The van der Waals surface area contributed by atoms with E-state index in [9.17, 15) is 14.4 Å². The number of hydrogen-bond donors (Lipinski definition) is 3. The van der Waals surface area contributed by atoms with Crippen LogP contribution in [0.25, 0.3) is 11.1 Å². The molecule has 0 aliphatic carbocycles. The molecule has 8 nitrogen and oxygen atoms in total. The molecule has 0 unspecified atom stereocenters. The lowest BCUT2D eigenvalue weighted by atomic mass is 10.1. The molecule has 170 valence electrons. The zero-order valence-corrected chi connectivity index (χ0v) is 18.2. The van der Waals surface area contributed by atoms with E-state index in [-0.39, 0.29) is 13.2 Å². The van der Waals surface area contributed by atoms with Crippen molar-refractivity contribution in [1.29, 1.82) is 0 Å². The average molecular weight is 447 g/mol. The van der Waals surface area contributed by atoms with Crippen LogP contribution in [-0.2, 0) is 9.59 Å². The summed E-state index contributed by atoms with van der Waals surface area (Å²) in [6.45, 7) is 1.81. The van der Waals surface area contributed by atoms with Gasteiger partial charge in [-0.25, -0.2) is 0 Å². The van der Waals surface area contributed by atoms with E-state index in [4.69, 9.17) is 9.47 Å². The van der Waals surface area contributed by atoms with Gasteiger partial charge in [0.1, 0.15) is 11.5 Å². The molecule has 0 saturated heterocycles. The minimum absolute atomic E-state index is 0.289. The van der Waals surface area contributed by atoms with E-state index in [1.807, 2.05) is 55.5 Å². The molecule has 0 heterocycles. The molecule has 0 bridgehead atoms. The first kappa shape index (κ1) is 23.3. The maximum absolute atomic E-state index is 12.1. The third-order valence-electron chi connectivity index (χ3n) is 4.51. The number of para-hydroxylation sites is 1. The van der Waals surface area contributed by atoms with Crippen LogP contribution in [0.15, 0.2) is 78.9 Å². The van der Waals surface area contributed by atoms with Crippen molar-refractivity contribution in [2.45, 2.75) is 6.92 Å². The van der Waals surface area contributed by atoms with Crippen molar-refractivity contribution in [3.05, 3.63) is 84.4 Å². The summed E-state index contributed by atoms with van der Waals surface area (Å²) in [5.74, 6) is -0.326. The van der Waals surface area contributed by atoms with Crippen LogP contribution in [0, 0.1) is 0 Å². The number of hydrazine groups is 1. The number of benzene rings is 3. The van der Waals surface area contributed by atoms with Gasteiger partial charge < -0.3 is 14.8 Å². The monoisotopic (exact) mass is 447 g/mol. The molecule has 3 aromatic rings. The van der Waals surface area contributed by atoms with Crippen molar-refractivity contribution in [3.8, 4) is 22.6 Å². The third-order valence-corrected chi connectivity index (χ3v) is 4.51. The quantitative estimate of drug-likeness (QED) is 0.438. The summed E-state index contributed by atoms with van der Waals surface area (Å²) < 4.78 is 10.9. The summed E-state index contributed by atoms with van der Waals surface area (Å²) in [6.07, 6.45) is 0. The number of carbonyl (C=O) groups excluding carboxylic acids is 3. The van der Waals surface area contributed by atoms with Crippen LogP contribution in [0.1, 0.15) is 17.3 Å². The van der Waals surface area contributed by atoms with Crippen molar-refractivity contribution in [3.63, 3.8) is 0 Å². The molecule has 3 N–H and O–H groups in total. The van der Waals surface area contributed by atoms with Crippen molar-refractivity contribution < 1.29 is 23.9 Å². The molecule has 0 aliphatic heterocycles. The van der Waals surface area contributed by atoms with Gasteiger partial charge in [0.2, 0.25) is 0 Å². The third kappa shape index (κ3) is 7.10. The standard InChI is InChI=1S/C25H25N3O5/c1-2-32-20-14-12-19(13-15-20)25(31)26-16-23(29)27-28-24(30)17-33-22-11-7-6-10-21(22)18-8-4-3-5-9-18/h3-15H,2,16-17H2,1H3,(H,26,31)(H,27,29)(H,28,30). The zero-order valence-electron chi connectivity index (χ0n) is 18.2. The Morgan fingerprint density at radius 1 is 0.758 bits per heavy atom. The topological polar surface area (TPSA) is 106 Å². The first-order valence-corrected chi connectivity index (χ1v) is 10.4. The molecule has 0 aromatic heterocycles. The highest BCUT2D eigenvalue weighted by molar-refractivity contribution is 5.96. The van der Waals surface area contributed by atoms with Crippen LogP contribution in [-0.4, -0.2) is 37.5 Å². The zero-order chi connectivity index (χ0) is 23.5. The van der Waals surface area contributed by atoms with E-state index in [1.165, 1.54) is 0 Å². The highest BCUT2D eigenvalue weighted by Crippen LogP contribution is 2.29. The Labute approximate surface area is 191 Å². The smallest absolute Gasteiger partial charge is 0.276 e. The van der Waals surface area contributed by atoms with Gasteiger partial charge in [-0.1, -0.05) is 48.5 Å². The molecule has 0 aliphatic rings. The van der Waals surface area contributed by atoms with E-state index < -0.39 is 17.7 Å². The fraction of sp³-hybridized carbons (Fsp3) is 0.160. The van der Waals surface area contributed by atoms with E-state index in [2.05, 4.69) is 16.2 Å². The van der Waals surface area contributed by atoms with E-state index in [0.717, 1.165) is 11.1 Å². The molecule has 3 aromatic carbocycles. The molecule has 8 heteroatoms. The number of rotatable bonds is 9. The van der Waals surface area contributed by atoms with Gasteiger partial charge in [-0.3, -0.25) is 25.2 Å². The van der Waals surface area contributed by atoms with Gasteiger partial charge in [-0.05, 0) is 42.8 Å².